The number of sulfonamides is 1. The molecule has 1 aliphatic heterocycles. The van der Waals surface area contributed by atoms with E-state index in [0.29, 0.717) is 28.3 Å². The van der Waals surface area contributed by atoms with Crippen LogP contribution in [0.4, 0.5) is 0 Å². The first kappa shape index (κ1) is 17.3. The van der Waals surface area contributed by atoms with E-state index in [9.17, 15) is 18.3 Å². The van der Waals surface area contributed by atoms with Crippen LogP contribution in [0.1, 0.15) is 29.1 Å². The van der Waals surface area contributed by atoms with Gasteiger partial charge in [0.15, 0.2) is 5.69 Å². The van der Waals surface area contributed by atoms with Crippen molar-refractivity contribution in [1.29, 1.82) is 0 Å². The van der Waals surface area contributed by atoms with Crippen molar-refractivity contribution >= 4 is 16.0 Å². The second kappa shape index (κ2) is 5.93. The molecular weight excluding hydrogens is 370 g/mol. The van der Waals surface area contributed by atoms with Crippen LogP contribution in [-0.2, 0) is 10.0 Å². The minimum Gasteiger partial charge on any atom is -0.485 e. The van der Waals surface area contributed by atoms with Crippen LogP contribution in [0, 0.1) is 0 Å². The van der Waals surface area contributed by atoms with Gasteiger partial charge in [-0.05, 0) is 43.3 Å². The molecule has 3 N–H and O–H groups in total. The Morgan fingerprint density at radius 3 is 2.48 bits per heavy atom. The fourth-order valence-corrected chi connectivity index (χ4v) is 3.73. The summed E-state index contributed by atoms with van der Waals surface area (Å²) in [4.78, 5) is 11.7. The number of ether oxygens (including phenoxy) is 1. The molecule has 4 rings (SSSR count). The smallest absolute Gasteiger partial charge is 0.356 e. The number of aromatic carboxylic acids is 1. The van der Waals surface area contributed by atoms with Crippen LogP contribution in [0.5, 0.6) is 5.75 Å². The summed E-state index contributed by atoms with van der Waals surface area (Å²) in [6.45, 7) is 1.76. The zero-order valence-corrected chi connectivity index (χ0v) is 15.0. The van der Waals surface area contributed by atoms with E-state index in [1.54, 1.807) is 13.0 Å². The molecule has 0 fully saturated rings. The highest BCUT2D eigenvalue weighted by molar-refractivity contribution is 7.89. The van der Waals surface area contributed by atoms with Gasteiger partial charge in [-0.1, -0.05) is 12.1 Å². The molecule has 0 amide bonds. The zero-order chi connectivity index (χ0) is 19.3. The summed E-state index contributed by atoms with van der Waals surface area (Å²) in [7, 11) is -3.83. The van der Waals surface area contributed by atoms with Crippen molar-refractivity contribution in [2.75, 3.05) is 0 Å². The molecule has 1 aliphatic rings. The molecule has 3 aromatic rings. The third-order valence-corrected chi connectivity index (χ3v) is 5.32. The van der Waals surface area contributed by atoms with E-state index in [4.69, 9.17) is 9.88 Å². The molecule has 2 heterocycles. The maximum atomic E-state index is 11.7. The number of rotatable bonds is 3. The average Bonchev–Trinajstić information content (AvgIpc) is 3.03. The number of hydrogen-bond donors (Lipinski definition) is 2. The van der Waals surface area contributed by atoms with Crippen molar-refractivity contribution in [3.8, 4) is 22.7 Å². The Morgan fingerprint density at radius 1 is 1.19 bits per heavy atom. The van der Waals surface area contributed by atoms with Gasteiger partial charge >= 0.3 is 5.97 Å². The van der Waals surface area contributed by atoms with Crippen LogP contribution in [0.15, 0.2) is 53.4 Å². The second-order valence-electron chi connectivity index (χ2n) is 6.12. The van der Waals surface area contributed by atoms with Crippen LogP contribution in [0.25, 0.3) is 16.9 Å². The van der Waals surface area contributed by atoms with Crippen molar-refractivity contribution in [3.63, 3.8) is 0 Å². The van der Waals surface area contributed by atoms with Gasteiger partial charge in [0.25, 0.3) is 0 Å². The van der Waals surface area contributed by atoms with Gasteiger partial charge in [0.05, 0.1) is 21.8 Å². The molecule has 138 valence electrons. The third kappa shape index (κ3) is 2.77. The number of hydrogen-bond acceptors (Lipinski definition) is 5. The summed E-state index contributed by atoms with van der Waals surface area (Å²) >= 11 is 0. The predicted molar refractivity (Wildman–Crippen MR) is 96.4 cm³/mol. The summed E-state index contributed by atoms with van der Waals surface area (Å²) < 4.78 is 30.3. The van der Waals surface area contributed by atoms with Gasteiger partial charge in [-0.2, -0.15) is 5.10 Å². The van der Waals surface area contributed by atoms with E-state index in [-0.39, 0.29) is 10.6 Å². The highest BCUT2D eigenvalue weighted by Gasteiger charge is 2.34. The van der Waals surface area contributed by atoms with Crippen LogP contribution in [0.2, 0.25) is 0 Å². The van der Waals surface area contributed by atoms with E-state index in [1.165, 1.54) is 28.9 Å². The predicted octanol–water partition coefficient (Wildman–Crippen LogP) is 2.34. The number of carboxylic acid groups (broad SMARTS) is 1. The van der Waals surface area contributed by atoms with Gasteiger partial charge in [0.1, 0.15) is 11.9 Å². The van der Waals surface area contributed by atoms with Gasteiger partial charge in [0, 0.05) is 5.56 Å². The van der Waals surface area contributed by atoms with Gasteiger partial charge in [-0.25, -0.2) is 23.0 Å². The van der Waals surface area contributed by atoms with Crippen molar-refractivity contribution < 1.29 is 23.1 Å². The molecule has 1 unspecified atom stereocenters. The SMILES string of the molecule is CC1Oc2ccccc2-c2c1c(C(=O)O)nn2-c1ccc(S(N)(=O)=O)cc1. The van der Waals surface area contributed by atoms with Crippen LogP contribution in [0.3, 0.4) is 0 Å². The Kier molecular flexibility index (Phi) is 3.79. The van der Waals surface area contributed by atoms with Crippen molar-refractivity contribution in [2.45, 2.75) is 17.9 Å². The number of carboxylic acids is 1. The lowest BCUT2D eigenvalue weighted by Gasteiger charge is -2.24. The van der Waals surface area contributed by atoms with Crippen LogP contribution < -0.4 is 9.88 Å². The van der Waals surface area contributed by atoms with Gasteiger partial charge in [-0.3, -0.25) is 0 Å². The number of carbonyl (C=O) groups is 1. The summed E-state index contributed by atoms with van der Waals surface area (Å²) in [5.41, 5.74) is 2.18. The average molecular weight is 385 g/mol. The molecule has 0 radical (unpaired) electrons. The number of nitrogens with zero attached hydrogens (tertiary/aromatic N) is 2. The minimum atomic E-state index is -3.83. The Labute approximate surface area is 154 Å². The lowest BCUT2D eigenvalue weighted by molar-refractivity contribution is 0.0684. The summed E-state index contributed by atoms with van der Waals surface area (Å²) in [5, 5.41) is 19.0. The highest BCUT2D eigenvalue weighted by Crippen LogP contribution is 2.44. The number of nitrogens with two attached hydrogens (primary N) is 1. The van der Waals surface area contributed by atoms with E-state index in [2.05, 4.69) is 5.10 Å². The first-order chi connectivity index (χ1) is 12.8. The minimum absolute atomic E-state index is 0.0390. The molecule has 1 aromatic heterocycles. The Hall–Kier alpha value is -3.17. The topological polar surface area (TPSA) is 125 Å². The fourth-order valence-electron chi connectivity index (χ4n) is 3.21. The molecule has 0 aliphatic carbocycles. The molecule has 0 spiro atoms. The molecule has 0 bridgehead atoms. The third-order valence-electron chi connectivity index (χ3n) is 4.39. The first-order valence-electron chi connectivity index (χ1n) is 8.03. The maximum Gasteiger partial charge on any atom is 0.356 e. The van der Waals surface area contributed by atoms with Crippen molar-refractivity contribution in [2.24, 2.45) is 5.14 Å². The van der Waals surface area contributed by atoms with Crippen molar-refractivity contribution in [1.82, 2.24) is 9.78 Å². The monoisotopic (exact) mass is 385 g/mol. The first-order valence-corrected chi connectivity index (χ1v) is 9.57. The zero-order valence-electron chi connectivity index (χ0n) is 14.2. The molecule has 8 nitrogen and oxygen atoms in total. The van der Waals surface area contributed by atoms with E-state index in [0.717, 1.165) is 0 Å². The van der Waals surface area contributed by atoms with Gasteiger partial charge in [0.2, 0.25) is 10.0 Å². The normalized spacial score (nSPS) is 15.6. The van der Waals surface area contributed by atoms with Crippen molar-refractivity contribution in [3.05, 3.63) is 59.8 Å². The standard InChI is InChI=1S/C18H15N3O5S/c1-10-15-16(18(22)23)20-21(11-6-8-12(9-7-11)27(19,24)25)17(15)13-4-2-3-5-14(13)26-10/h2-10H,1H3,(H,22,23)(H2,19,24,25). The lowest BCUT2D eigenvalue weighted by Crippen LogP contribution is -2.14. The van der Waals surface area contributed by atoms with E-state index >= 15 is 0 Å². The number of benzene rings is 2. The van der Waals surface area contributed by atoms with E-state index < -0.39 is 22.1 Å². The Balaban J connectivity index is 1.98. The number of primary sulfonamides is 1. The maximum absolute atomic E-state index is 11.7. The molecule has 0 saturated carbocycles. The molecule has 2 aromatic carbocycles. The summed E-state index contributed by atoms with van der Waals surface area (Å²) in [6.07, 6.45) is -0.501. The molecule has 0 saturated heterocycles. The quantitative estimate of drug-likeness (QED) is 0.713. The molecule has 9 heteroatoms. The number of aromatic nitrogens is 2. The molecule has 1 atom stereocenters. The lowest BCUT2D eigenvalue weighted by atomic mass is 9.98. The van der Waals surface area contributed by atoms with Gasteiger partial charge < -0.3 is 9.84 Å². The highest BCUT2D eigenvalue weighted by atomic mass is 32.2. The Bertz CT molecular complexity index is 1170. The molecule has 27 heavy (non-hydrogen) atoms. The fraction of sp³-hybridized carbons (Fsp3) is 0.111. The largest absolute Gasteiger partial charge is 0.485 e. The second-order valence-corrected chi connectivity index (χ2v) is 7.68. The van der Waals surface area contributed by atoms with Gasteiger partial charge in [-0.15, -0.1) is 0 Å². The van der Waals surface area contributed by atoms with E-state index in [1.807, 2.05) is 18.2 Å². The van der Waals surface area contributed by atoms with Crippen LogP contribution in [-0.4, -0.2) is 29.3 Å². The summed E-state index contributed by atoms with van der Waals surface area (Å²) in [6, 6.07) is 13.0. The molecular formula is C18H15N3O5S. The van der Waals surface area contributed by atoms with Crippen LogP contribution >= 0.6 is 0 Å². The number of fused-ring (bicyclic) bond motifs is 3. The Morgan fingerprint density at radius 2 is 1.85 bits per heavy atom. The summed E-state index contributed by atoms with van der Waals surface area (Å²) in [5.74, 6) is -0.544. The number of para-hydroxylation sites is 1.